The number of benzene rings is 2. The lowest BCUT2D eigenvalue weighted by Crippen LogP contribution is -2.42. The number of carbonyl (C=O) groups is 1. The molecule has 39 heavy (non-hydrogen) atoms. The summed E-state index contributed by atoms with van der Waals surface area (Å²) in [6.45, 7) is 8.62. The third-order valence-electron chi connectivity index (χ3n) is 7.85. The maximum absolute atomic E-state index is 12.5. The number of carbonyl (C=O) groups excluding carboxylic acids is 1. The summed E-state index contributed by atoms with van der Waals surface area (Å²) in [7, 11) is 0. The molecular formula is C29H35N7O3. The molecule has 0 aliphatic carbocycles. The van der Waals surface area contributed by atoms with Crippen LogP contribution in [-0.4, -0.2) is 94.2 Å². The Balaban J connectivity index is 1.17. The minimum atomic E-state index is 0.0877. The summed E-state index contributed by atoms with van der Waals surface area (Å²) in [6, 6.07) is 12.7. The Morgan fingerprint density at radius 3 is 2.79 bits per heavy atom. The Bertz CT molecular complexity index is 1430. The molecule has 1 atom stereocenters. The van der Waals surface area contributed by atoms with E-state index in [2.05, 4.69) is 47.9 Å². The summed E-state index contributed by atoms with van der Waals surface area (Å²) in [5.74, 6) is 1.80. The zero-order valence-electron chi connectivity index (χ0n) is 22.4. The summed E-state index contributed by atoms with van der Waals surface area (Å²) in [5.41, 5.74) is 2.67. The van der Waals surface area contributed by atoms with Gasteiger partial charge in [-0.05, 0) is 29.9 Å². The van der Waals surface area contributed by atoms with Gasteiger partial charge in [-0.3, -0.25) is 9.69 Å². The Hall–Kier alpha value is -3.76. The van der Waals surface area contributed by atoms with E-state index in [1.165, 1.54) is 0 Å². The lowest BCUT2D eigenvalue weighted by Gasteiger charge is -2.30. The van der Waals surface area contributed by atoms with Gasteiger partial charge in [0.05, 0.1) is 25.6 Å². The molecule has 0 saturated carbocycles. The first-order chi connectivity index (χ1) is 19.2. The summed E-state index contributed by atoms with van der Waals surface area (Å²) in [5, 5.41) is 2.18. The largest absolute Gasteiger partial charge is 0.491 e. The highest BCUT2D eigenvalue weighted by Gasteiger charge is 2.29. The molecule has 10 nitrogen and oxygen atoms in total. The molecule has 2 aliphatic heterocycles. The number of nitrogens with zero attached hydrogens (tertiary/aromatic N) is 6. The van der Waals surface area contributed by atoms with Crippen LogP contribution in [0.2, 0.25) is 0 Å². The zero-order valence-corrected chi connectivity index (χ0v) is 22.4. The molecule has 2 aliphatic rings. The van der Waals surface area contributed by atoms with E-state index >= 15 is 0 Å². The first-order valence-electron chi connectivity index (χ1n) is 13.8. The van der Waals surface area contributed by atoms with Crippen molar-refractivity contribution in [2.45, 2.75) is 32.4 Å². The van der Waals surface area contributed by atoms with Gasteiger partial charge in [0.25, 0.3) is 0 Å². The topological polar surface area (TPSA) is 99.7 Å². The highest BCUT2D eigenvalue weighted by molar-refractivity contribution is 5.91. The van der Waals surface area contributed by atoms with E-state index in [9.17, 15) is 4.79 Å². The third-order valence-corrected chi connectivity index (χ3v) is 7.85. The molecule has 6 rings (SSSR count). The van der Waals surface area contributed by atoms with E-state index < -0.39 is 0 Å². The molecule has 4 heterocycles. The molecule has 0 spiro atoms. The van der Waals surface area contributed by atoms with Crippen LogP contribution in [0, 0.1) is 0 Å². The second-order valence-corrected chi connectivity index (χ2v) is 10.3. The summed E-state index contributed by atoms with van der Waals surface area (Å²) < 4.78 is 11.9. The van der Waals surface area contributed by atoms with Crippen LogP contribution in [0.5, 0.6) is 5.75 Å². The van der Waals surface area contributed by atoms with Crippen LogP contribution >= 0.6 is 0 Å². The van der Waals surface area contributed by atoms with Crippen molar-refractivity contribution in [3.05, 3.63) is 54.6 Å². The number of amides is 1. The van der Waals surface area contributed by atoms with Gasteiger partial charge in [0, 0.05) is 51.6 Å². The molecule has 204 valence electrons. The maximum atomic E-state index is 12.5. The average molecular weight is 530 g/mol. The van der Waals surface area contributed by atoms with Gasteiger partial charge < -0.3 is 24.3 Å². The van der Waals surface area contributed by atoms with Gasteiger partial charge in [-0.1, -0.05) is 30.3 Å². The molecular weight excluding hydrogens is 494 g/mol. The number of nitrogens with one attached hydrogen (secondary N) is 1. The molecule has 2 fully saturated rings. The Kier molecular flexibility index (Phi) is 7.55. The Labute approximate surface area is 227 Å². The van der Waals surface area contributed by atoms with E-state index in [1.807, 2.05) is 23.1 Å². The number of H-pyrrole nitrogens is 1. The van der Waals surface area contributed by atoms with Crippen molar-refractivity contribution in [2.75, 3.05) is 57.4 Å². The van der Waals surface area contributed by atoms with E-state index in [0.29, 0.717) is 19.7 Å². The van der Waals surface area contributed by atoms with E-state index in [1.54, 1.807) is 19.6 Å². The first-order valence-corrected chi connectivity index (χ1v) is 13.8. The predicted octanol–water partition coefficient (Wildman–Crippen LogP) is 3.23. The summed E-state index contributed by atoms with van der Waals surface area (Å²) in [6.07, 6.45) is 5.36. The van der Waals surface area contributed by atoms with Crippen molar-refractivity contribution < 1.29 is 14.3 Å². The van der Waals surface area contributed by atoms with Crippen LogP contribution in [0.25, 0.3) is 21.9 Å². The quantitative estimate of drug-likeness (QED) is 0.353. The van der Waals surface area contributed by atoms with E-state index in [0.717, 1.165) is 91.3 Å². The SMILES string of the molecule is CC(=O)N(CCN1CCOCC1)Cc1ccc(OCC2CCCN2c2ncnc3[nH]cnc23)c2ccccc12. The fourth-order valence-corrected chi connectivity index (χ4v) is 5.67. The van der Waals surface area contributed by atoms with Crippen molar-refractivity contribution in [2.24, 2.45) is 0 Å². The number of hydrogen-bond acceptors (Lipinski definition) is 8. The van der Waals surface area contributed by atoms with Crippen LogP contribution in [0.1, 0.15) is 25.3 Å². The normalized spacial score (nSPS) is 18.2. The van der Waals surface area contributed by atoms with Gasteiger partial charge in [-0.25, -0.2) is 15.0 Å². The first kappa shape index (κ1) is 25.5. The van der Waals surface area contributed by atoms with Crippen LogP contribution in [0.15, 0.2) is 49.1 Å². The van der Waals surface area contributed by atoms with Gasteiger partial charge in [-0.15, -0.1) is 0 Å². The smallest absolute Gasteiger partial charge is 0.219 e. The Morgan fingerprint density at radius 1 is 1.10 bits per heavy atom. The standard InChI is InChI=1S/C29H35N7O3/c1-21(37)35(12-11-34-13-15-38-16-14-34)17-22-8-9-26(25-7-3-2-6-24(22)25)39-18-23-5-4-10-36(23)29-27-28(31-19-30-27)32-20-33-29/h2-3,6-9,19-20,23H,4-5,10-18H2,1H3,(H,30,31,32,33). The maximum Gasteiger partial charge on any atom is 0.219 e. The molecule has 0 radical (unpaired) electrons. The highest BCUT2D eigenvalue weighted by atomic mass is 16.5. The summed E-state index contributed by atoms with van der Waals surface area (Å²) >= 11 is 0. The fourth-order valence-electron chi connectivity index (χ4n) is 5.67. The molecule has 10 heteroatoms. The van der Waals surface area contributed by atoms with Gasteiger partial charge in [0.1, 0.15) is 24.2 Å². The van der Waals surface area contributed by atoms with Crippen molar-refractivity contribution in [1.82, 2.24) is 29.7 Å². The van der Waals surface area contributed by atoms with Crippen LogP contribution in [0.3, 0.4) is 0 Å². The molecule has 1 unspecified atom stereocenters. The molecule has 2 aromatic heterocycles. The van der Waals surface area contributed by atoms with E-state index in [4.69, 9.17) is 9.47 Å². The minimum absolute atomic E-state index is 0.0877. The van der Waals surface area contributed by atoms with Crippen LogP contribution in [-0.2, 0) is 16.1 Å². The second-order valence-electron chi connectivity index (χ2n) is 10.3. The third kappa shape index (κ3) is 5.53. The van der Waals surface area contributed by atoms with Crippen molar-refractivity contribution in [1.29, 1.82) is 0 Å². The molecule has 0 bridgehead atoms. The number of aromatic nitrogens is 4. The molecule has 2 saturated heterocycles. The molecule has 4 aromatic rings. The number of ether oxygens (including phenoxy) is 2. The van der Waals surface area contributed by atoms with Crippen molar-refractivity contribution >= 4 is 33.7 Å². The van der Waals surface area contributed by atoms with Gasteiger partial charge >= 0.3 is 0 Å². The number of aromatic amines is 1. The van der Waals surface area contributed by atoms with Gasteiger partial charge in [-0.2, -0.15) is 0 Å². The summed E-state index contributed by atoms with van der Waals surface area (Å²) in [4.78, 5) is 35.5. The Morgan fingerprint density at radius 2 is 1.95 bits per heavy atom. The molecule has 1 N–H and O–H groups in total. The van der Waals surface area contributed by atoms with Crippen LogP contribution < -0.4 is 9.64 Å². The van der Waals surface area contributed by atoms with Crippen molar-refractivity contribution in [3.63, 3.8) is 0 Å². The average Bonchev–Trinajstić information content (AvgIpc) is 3.65. The van der Waals surface area contributed by atoms with Gasteiger partial charge in [0.2, 0.25) is 5.91 Å². The predicted molar refractivity (Wildman–Crippen MR) is 150 cm³/mol. The lowest BCUT2D eigenvalue weighted by molar-refractivity contribution is -0.129. The highest BCUT2D eigenvalue weighted by Crippen LogP contribution is 2.32. The van der Waals surface area contributed by atoms with Gasteiger partial charge in [0.15, 0.2) is 11.5 Å². The number of hydrogen-bond donors (Lipinski definition) is 1. The number of anilines is 1. The number of rotatable bonds is 9. The monoisotopic (exact) mass is 529 g/mol. The lowest BCUT2D eigenvalue weighted by atomic mass is 10.0. The number of morpholine rings is 1. The number of fused-ring (bicyclic) bond motifs is 2. The second kappa shape index (κ2) is 11.5. The fraction of sp³-hybridized carbons (Fsp3) is 0.448. The van der Waals surface area contributed by atoms with Crippen molar-refractivity contribution in [3.8, 4) is 5.75 Å². The number of imidazole rings is 1. The molecule has 1 amide bonds. The molecule has 2 aromatic carbocycles. The van der Waals surface area contributed by atoms with E-state index in [-0.39, 0.29) is 11.9 Å². The minimum Gasteiger partial charge on any atom is -0.491 e. The van der Waals surface area contributed by atoms with Crippen LogP contribution in [0.4, 0.5) is 5.82 Å². The zero-order chi connectivity index (χ0) is 26.6.